The van der Waals surface area contributed by atoms with E-state index in [1.165, 1.54) is 54.1 Å². The summed E-state index contributed by atoms with van der Waals surface area (Å²) in [5, 5.41) is 4.36. The molecule has 1 aliphatic carbocycles. The molecule has 2 aromatic carbocycles. The van der Waals surface area contributed by atoms with Crippen molar-refractivity contribution in [3.63, 3.8) is 0 Å². The van der Waals surface area contributed by atoms with E-state index >= 15 is 0 Å². The maximum atomic E-state index is 13.0. The standard InChI is InChI=1S/C29H32N2O2/c32-29(30-19-24-14-9-17-33-24)18-26(23-12-5-2-6-13-23)27-21-31(20-22-10-3-1-4-11-22)28-16-8-7-15-25(27)28/h1,3-4,7-11,14-17,21,23,26H,2,5-6,12-13,18-20H2,(H,30,32)/t26-/m1/s1. The molecule has 1 N–H and O–H groups in total. The minimum atomic E-state index is 0.0989. The molecule has 4 nitrogen and oxygen atoms in total. The molecule has 1 aliphatic rings. The molecule has 33 heavy (non-hydrogen) atoms. The Morgan fingerprint density at radius 3 is 2.55 bits per heavy atom. The van der Waals surface area contributed by atoms with Crippen molar-refractivity contribution in [2.24, 2.45) is 5.92 Å². The Morgan fingerprint density at radius 2 is 1.76 bits per heavy atom. The number of nitrogens with zero attached hydrogens (tertiary/aromatic N) is 1. The van der Waals surface area contributed by atoms with Crippen LogP contribution in [0.4, 0.5) is 0 Å². The maximum absolute atomic E-state index is 13.0. The number of carbonyl (C=O) groups excluding carboxylic acids is 1. The summed E-state index contributed by atoms with van der Waals surface area (Å²) >= 11 is 0. The van der Waals surface area contributed by atoms with Gasteiger partial charge in [0.25, 0.3) is 0 Å². The molecule has 1 atom stereocenters. The number of furan rings is 1. The van der Waals surface area contributed by atoms with E-state index in [1.807, 2.05) is 12.1 Å². The van der Waals surface area contributed by atoms with Crippen molar-refractivity contribution in [3.05, 3.63) is 96.1 Å². The molecule has 4 heteroatoms. The summed E-state index contributed by atoms with van der Waals surface area (Å²) in [5.74, 6) is 1.66. The van der Waals surface area contributed by atoms with E-state index in [9.17, 15) is 4.79 Å². The quantitative estimate of drug-likeness (QED) is 0.333. The van der Waals surface area contributed by atoms with Crippen LogP contribution in [0.3, 0.4) is 0 Å². The highest BCUT2D eigenvalue weighted by atomic mass is 16.3. The van der Waals surface area contributed by atoms with Crippen LogP contribution in [0.25, 0.3) is 10.9 Å². The summed E-state index contributed by atoms with van der Waals surface area (Å²) in [6.07, 6.45) is 10.7. The van der Waals surface area contributed by atoms with Gasteiger partial charge in [-0.15, -0.1) is 0 Å². The third kappa shape index (κ3) is 5.05. The van der Waals surface area contributed by atoms with Gasteiger partial charge in [0.15, 0.2) is 0 Å². The van der Waals surface area contributed by atoms with Crippen molar-refractivity contribution in [2.75, 3.05) is 0 Å². The number of nitrogens with one attached hydrogen (secondary N) is 1. The van der Waals surface area contributed by atoms with Gasteiger partial charge in [-0.05, 0) is 54.0 Å². The Hall–Kier alpha value is -3.27. The summed E-state index contributed by atoms with van der Waals surface area (Å²) < 4.78 is 7.75. The second-order valence-corrected chi connectivity index (χ2v) is 9.28. The number of benzene rings is 2. The molecule has 170 valence electrons. The Morgan fingerprint density at radius 1 is 0.970 bits per heavy atom. The lowest BCUT2D eigenvalue weighted by Gasteiger charge is -2.30. The average molecular weight is 441 g/mol. The molecule has 2 aromatic heterocycles. The topological polar surface area (TPSA) is 47.2 Å². The Labute approximate surface area is 195 Å². The molecular weight excluding hydrogens is 408 g/mol. The second kappa shape index (κ2) is 10.1. The molecular formula is C29H32N2O2. The van der Waals surface area contributed by atoms with Crippen LogP contribution in [0, 0.1) is 5.92 Å². The van der Waals surface area contributed by atoms with Gasteiger partial charge in [0.1, 0.15) is 5.76 Å². The summed E-state index contributed by atoms with van der Waals surface area (Å²) in [4.78, 5) is 13.0. The molecule has 1 fully saturated rings. The van der Waals surface area contributed by atoms with Crippen LogP contribution in [0.5, 0.6) is 0 Å². The van der Waals surface area contributed by atoms with Gasteiger partial charge in [0, 0.05) is 30.1 Å². The van der Waals surface area contributed by atoms with Gasteiger partial charge in [0.05, 0.1) is 12.8 Å². The molecule has 4 aromatic rings. The van der Waals surface area contributed by atoms with E-state index in [2.05, 4.69) is 70.7 Å². The smallest absolute Gasteiger partial charge is 0.220 e. The van der Waals surface area contributed by atoms with Gasteiger partial charge in [-0.3, -0.25) is 4.79 Å². The van der Waals surface area contributed by atoms with Crippen LogP contribution in [-0.2, 0) is 17.9 Å². The van der Waals surface area contributed by atoms with Crippen LogP contribution in [0.1, 0.15) is 61.3 Å². The fraction of sp³-hybridized carbons (Fsp3) is 0.345. The van der Waals surface area contributed by atoms with Gasteiger partial charge in [-0.25, -0.2) is 0 Å². The third-order valence-corrected chi connectivity index (χ3v) is 7.08. The molecule has 2 heterocycles. The normalized spacial score (nSPS) is 15.5. The van der Waals surface area contributed by atoms with Crippen molar-refractivity contribution in [1.82, 2.24) is 9.88 Å². The number of carbonyl (C=O) groups is 1. The number of fused-ring (bicyclic) bond motifs is 1. The van der Waals surface area contributed by atoms with Crippen LogP contribution < -0.4 is 5.32 Å². The first-order valence-corrected chi connectivity index (χ1v) is 12.2. The highest BCUT2D eigenvalue weighted by molar-refractivity contribution is 5.86. The molecule has 1 amide bonds. The summed E-state index contributed by atoms with van der Waals surface area (Å²) in [6, 6.07) is 23.0. The van der Waals surface area contributed by atoms with Crippen LogP contribution in [0.2, 0.25) is 0 Å². The molecule has 5 rings (SSSR count). The first-order valence-electron chi connectivity index (χ1n) is 12.2. The van der Waals surface area contributed by atoms with Gasteiger partial charge in [-0.2, -0.15) is 0 Å². The van der Waals surface area contributed by atoms with Gasteiger partial charge in [0.2, 0.25) is 5.91 Å². The zero-order valence-electron chi connectivity index (χ0n) is 19.1. The van der Waals surface area contributed by atoms with E-state index in [0.717, 1.165) is 12.3 Å². The fourth-order valence-electron chi connectivity index (χ4n) is 5.42. The van der Waals surface area contributed by atoms with Crippen LogP contribution in [0.15, 0.2) is 83.6 Å². The summed E-state index contributed by atoms with van der Waals surface area (Å²) in [7, 11) is 0. The minimum absolute atomic E-state index is 0.0989. The van der Waals surface area contributed by atoms with E-state index in [0.29, 0.717) is 18.9 Å². The molecule has 0 saturated heterocycles. The number of para-hydroxylation sites is 1. The number of aromatic nitrogens is 1. The van der Waals surface area contributed by atoms with E-state index in [4.69, 9.17) is 4.42 Å². The van der Waals surface area contributed by atoms with E-state index in [1.54, 1.807) is 6.26 Å². The zero-order valence-corrected chi connectivity index (χ0v) is 19.1. The maximum Gasteiger partial charge on any atom is 0.220 e. The monoisotopic (exact) mass is 440 g/mol. The van der Waals surface area contributed by atoms with Gasteiger partial charge < -0.3 is 14.3 Å². The molecule has 1 saturated carbocycles. The van der Waals surface area contributed by atoms with E-state index in [-0.39, 0.29) is 11.8 Å². The Bertz CT molecular complexity index is 1170. The first kappa shape index (κ1) is 21.6. The number of amides is 1. The summed E-state index contributed by atoms with van der Waals surface area (Å²) in [6.45, 7) is 1.28. The van der Waals surface area contributed by atoms with Crippen molar-refractivity contribution in [1.29, 1.82) is 0 Å². The van der Waals surface area contributed by atoms with E-state index < -0.39 is 0 Å². The predicted molar refractivity (Wildman–Crippen MR) is 132 cm³/mol. The van der Waals surface area contributed by atoms with Crippen molar-refractivity contribution < 1.29 is 9.21 Å². The highest BCUT2D eigenvalue weighted by Crippen LogP contribution is 2.41. The van der Waals surface area contributed by atoms with Gasteiger partial charge in [-0.1, -0.05) is 67.8 Å². The highest BCUT2D eigenvalue weighted by Gasteiger charge is 2.29. The lowest BCUT2D eigenvalue weighted by atomic mass is 9.75. The molecule has 0 unspecified atom stereocenters. The van der Waals surface area contributed by atoms with Crippen LogP contribution in [-0.4, -0.2) is 10.5 Å². The lowest BCUT2D eigenvalue weighted by molar-refractivity contribution is -0.122. The van der Waals surface area contributed by atoms with Crippen molar-refractivity contribution in [3.8, 4) is 0 Å². The number of rotatable bonds is 8. The third-order valence-electron chi connectivity index (χ3n) is 7.08. The zero-order chi connectivity index (χ0) is 22.5. The SMILES string of the molecule is O=C(C[C@@H](c1cn(Cc2ccccc2)c2ccccc12)C1CCCCC1)NCc1ccco1. The average Bonchev–Trinajstić information content (AvgIpc) is 3.51. The lowest BCUT2D eigenvalue weighted by Crippen LogP contribution is -2.27. The largest absolute Gasteiger partial charge is 0.467 e. The molecule has 0 radical (unpaired) electrons. The number of hydrogen-bond acceptors (Lipinski definition) is 2. The fourth-order valence-corrected chi connectivity index (χ4v) is 5.42. The number of hydrogen-bond donors (Lipinski definition) is 1. The van der Waals surface area contributed by atoms with Crippen LogP contribution >= 0.6 is 0 Å². The Balaban J connectivity index is 1.45. The van der Waals surface area contributed by atoms with Gasteiger partial charge >= 0.3 is 0 Å². The molecule has 0 bridgehead atoms. The predicted octanol–water partition coefficient (Wildman–Crippen LogP) is 6.65. The summed E-state index contributed by atoms with van der Waals surface area (Å²) in [5.41, 5.74) is 3.85. The molecule has 0 aliphatic heterocycles. The second-order valence-electron chi connectivity index (χ2n) is 9.28. The first-order chi connectivity index (χ1) is 16.3. The van der Waals surface area contributed by atoms with Crippen molar-refractivity contribution in [2.45, 2.75) is 57.5 Å². The Kier molecular flexibility index (Phi) is 6.61. The minimum Gasteiger partial charge on any atom is -0.467 e. The molecule has 0 spiro atoms. The van der Waals surface area contributed by atoms with Crippen molar-refractivity contribution >= 4 is 16.8 Å².